The van der Waals surface area contributed by atoms with E-state index < -0.39 is 0 Å². The van der Waals surface area contributed by atoms with Crippen LogP contribution >= 0.6 is 0 Å². The Morgan fingerprint density at radius 3 is 2.69 bits per heavy atom. The van der Waals surface area contributed by atoms with Crippen molar-refractivity contribution >= 4 is 5.91 Å². The van der Waals surface area contributed by atoms with Gasteiger partial charge in [-0.25, -0.2) is 0 Å². The summed E-state index contributed by atoms with van der Waals surface area (Å²) in [5, 5.41) is 0. The number of fused-ring (bicyclic) bond motifs is 1. The highest BCUT2D eigenvalue weighted by Gasteiger charge is 2.20. The van der Waals surface area contributed by atoms with E-state index in [4.69, 9.17) is 9.47 Å². The lowest BCUT2D eigenvalue weighted by Crippen LogP contribution is -2.28. The number of amides is 1. The smallest absolute Gasteiger partial charge is 0.254 e. The fourth-order valence-corrected chi connectivity index (χ4v) is 1.86. The molecule has 4 nitrogen and oxygen atoms in total. The van der Waals surface area contributed by atoms with Gasteiger partial charge in [0, 0.05) is 18.7 Å². The summed E-state index contributed by atoms with van der Waals surface area (Å²) in [5.41, 5.74) is 0.646. The fourth-order valence-electron chi connectivity index (χ4n) is 1.86. The molecule has 2 heterocycles. The molecule has 1 aromatic rings. The summed E-state index contributed by atoms with van der Waals surface area (Å²) >= 11 is 0. The number of hydrogen-bond donors (Lipinski definition) is 0. The van der Waals surface area contributed by atoms with E-state index in [9.17, 15) is 4.79 Å². The van der Waals surface area contributed by atoms with E-state index in [-0.39, 0.29) is 12.7 Å². The van der Waals surface area contributed by atoms with Gasteiger partial charge in [0.15, 0.2) is 11.5 Å². The summed E-state index contributed by atoms with van der Waals surface area (Å²) in [6.07, 6.45) is 3.98. The maximum Gasteiger partial charge on any atom is 0.254 e. The predicted octanol–water partition coefficient (Wildman–Crippen LogP) is 1.43. The molecule has 2 aliphatic rings. The number of ether oxygens (including phenoxy) is 2. The number of nitrogens with zero attached hydrogens (tertiary/aromatic N) is 1. The quantitative estimate of drug-likeness (QED) is 0.668. The normalized spacial score (nSPS) is 16.9. The Morgan fingerprint density at radius 1 is 1.12 bits per heavy atom. The first kappa shape index (κ1) is 9.27. The minimum absolute atomic E-state index is 0.0308. The summed E-state index contributed by atoms with van der Waals surface area (Å²) in [5.74, 6) is 1.39. The Morgan fingerprint density at radius 2 is 1.88 bits per heavy atom. The van der Waals surface area contributed by atoms with Gasteiger partial charge < -0.3 is 14.4 Å². The van der Waals surface area contributed by atoms with Crippen molar-refractivity contribution in [3.8, 4) is 11.5 Å². The van der Waals surface area contributed by atoms with Crippen molar-refractivity contribution in [1.82, 2.24) is 4.90 Å². The molecule has 0 bridgehead atoms. The molecule has 0 saturated heterocycles. The predicted molar refractivity (Wildman–Crippen MR) is 57.6 cm³/mol. The number of rotatable bonds is 1. The molecule has 4 heteroatoms. The van der Waals surface area contributed by atoms with Crippen LogP contribution in [-0.2, 0) is 0 Å². The number of hydrogen-bond acceptors (Lipinski definition) is 3. The maximum atomic E-state index is 12.0. The molecule has 1 aromatic carbocycles. The van der Waals surface area contributed by atoms with Crippen LogP contribution in [0, 0.1) is 0 Å². The lowest BCUT2D eigenvalue weighted by molar-refractivity contribution is 0.0799. The zero-order valence-corrected chi connectivity index (χ0v) is 8.68. The third-order valence-electron chi connectivity index (χ3n) is 2.72. The van der Waals surface area contributed by atoms with Crippen molar-refractivity contribution in [2.75, 3.05) is 19.9 Å². The van der Waals surface area contributed by atoms with Gasteiger partial charge in [-0.2, -0.15) is 0 Å². The second-order valence-electron chi connectivity index (χ2n) is 3.75. The highest BCUT2D eigenvalue weighted by atomic mass is 16.7. The van der Waals surface area contributed by atoms with Gasteiger partial charge in [-0.3, -0.25) is 4.79 Å². The summed E-state index contributed by atoms with van der Waals surface area (Å²) in [7, 11) is 0. The second-order valence-corrected chi connectivity index (χ2v) is 3.75. The van der Waals surface area contributed by atoms with Gasteiger partial charge in [-0.05, 0) is 18.2 Å². The van der Waals surface area contributed by atoms with Crippen LogP contribution < -0.4 is 9.47 Å². The Bertz CT molecular complexity index is 459. The van der Waals surface area contributed by atoms with Gasteiger partial charge in [0.2, 0.25) is 6.79 Å². The fraction of sp³-hybridized carbons (Fsp3) is 0.250. The Labute approximate surface area is 93.1 Å². The highest BCUT2D eigenvalue weighted by molar-refractivity contribution is 5.95. The van der Waals surface area contributed by atoms with Crippen LogP contribution in [0.5, 0.6) is 11.5 Å². The van der Waals surface area contributed by atoms with E-state index >= 15 is 0 Å². The van der Waals surface area contributed by atoms with Gasteiger partial charge in [-0.15, -0.1) is 0 Å². The van der Waals surface area contributed by atoms with E-state index in [1.54, 1.807) is 23.1 Å². The molecular formula is C12H11NO3. The minimum atomic E-state index is 0.0308. The van der Waals surface area contributed by atoms with Crippen LogP contribution in [-0.4, -0.2) is 30.7 Å². The van der Waals surface area contributed by atoms with Crippen LogP contribution in [0.3, 0.4) is 0 Å². The van der Waals surface area contributed by atoms with Crippen molar-refractivity contribution in [3.63, 3.8) is 0 Å². The van der Waals surface area contributed by atoms with Crippen LogP contribution in [0.1, 0.15) is 10.4 Å². The summed E-state index contributed by atoms with van der Waals surface area (Å²) in [6.45, 7) is 1.61. The van der Waals surface area contributed by atoms with Crippen molar-refractivity contribution < 1.29 is 14.3 Å². The van der Waals surface area contributed by atoms with Gasteiger partial charge in [-0.1, -0.05) is 12.2 Å². The first-order valence-corrected chi connectivity index (χ1v) is 5.18. The van der Waals surface area contributed by atoms with E-state index in [0.717, 1.165) is 0 Å². The summed E-state index contributed by atoms with van der Waals surface area (Å²) < 4.78 is 10.4. The van der Waals surface area contributed by atoms with E-state index in [0.29, 0.717) is 30.2 Å². The molecule has 2 aliphatic heterocycles. The first-order valence-electron chi connectivity index (χ1n) is 5.18. The third-order valence-corrected chi connectivity index (χ3v) is 2.72. The molecular weight excluding hydrogens is 206 g/mol. The van der Waals surface area contributed by atoms with E-state index in [1.807, 2.05) is 12.2 Å². The highest BCUT2D eigenvalue weighted by Crippen LogP contribution is 2.32. The maximum absolute atomic E-state index is 12.0. The van der Waals surface area contributed by atoms with E-state index in [1.165, 1.54) is 0 Å². The van der Waals surface area contributed by atoms with E-state index in [2.05, 4.69) is 0 Å². The average molecular weight is 217 g/mol. The van der Waals surface area contributed by atoms with Gasteiger partial charge in [0.1, 0.15) is 0 Å². The first-order chi connectivity index (χ1) is 7.84. The molecule has 0 saturated carbocycles. The van der Waals surface area contributed by atoms with Crippen LogP contribution in [0.2, 0.25) is 0 Å². The Hall–Kier alpha value is -1.97. The minimum Gasteiger partial charge on any atom is -0.454 e. The molecule has 0 fully saturated rings. The van der Waals surface area contributed by atoms with Crippen molar-refractivity contribution in [1.29, 1.82) is 0 Å². The SMILES string of the molecule is O=C(c1ccc2c(c1)OCO2)N1CC=CC1. The molecule has 1 amide bonds. The lowest BCUT2D eigenvalue weighted by atomic mass is 10.2. The Balaban J connectivity index is 1.86. The van der Waals surface area contributed by atoms with Crippen molar-refractivity contribution in [2.24, 2.45) is 0 Å². The molecule has 0 N–H and O–H groups in total. The number of carbonyl (C=O) groups is 1. The molecule has 0 spiro atoms. The Kier molecular flexibility index (Phi) is 2.06. The molecule has 82 valence electrons. The third kappa shape index (κ3) is 1.43. The van der Waals surface area contributed by atoms with Crippen LogP contribution in [0.4, 0.5) is 0 Å². The standard InChI is InChI=1S/C12H11NO3/c14-12(13-5-1-2-6-13)9-3-4-10-11(7-9)16-8-15-10/h1-4,7H,5-6,8H2. The van der Waals surface area contributed by atoms with Crippen LogP contribution in [0.25, 0.3) is 0 Å². The van der Waals surface area contributed by atoms with Crippen molar-refractivity contribution in [2.45, 2.75) is 0 Å². The molecule has 3 rings (SSSR count). The molecule has 0 atom stereocenters. The number of carbonyl (C=O) groups excluding carboxylic acids is 1. The van der Waals surface area contributed by atoms with Crippen molar-refractivity contribution in [3.05, 3.63) is 35.9 Å². The topological polar surface area (TPSA) is 38.8 Å². The molecule has 0 aliphatic carbocycles. The zero-order chi connectivity index (χ0) is 11.0. The summed E-state index contributed by atoms with van der Waals surface area (Å²) in [6, 6.07) is 5.29. The lowest BCUT2D eigenvalue weighted by Gasteiger charge is -2.15. The zero-order valence-electron chi connectivity index (χ0n) is 8.68. The van der Waals surface area contributed by atoms with Gasteiger partial charge in [0.25, 0.3) is 5.91 Å². The summed E-state index contributed by atoms with van der Waals surface area (Å²) in [4.78, 5) is 13.8. The average Bonchev–Trinajstić information content (AvgIpc) is 2.98. The number of benzene rings is 1. The largest absolute Gasteiger partial charge is 0.454 e. The van der Waals surface area contributed by atoms with Crippen LogP contribution in [0.15, 0.2) is 30.4 Å². The second kappa shape index (κ2) is 3.56. The monoisotopic (exact) mass is 217 g/mol. The molecule has 0 radical (unpaired) electrons. The van der Waals surface area contributed by atoms with Gasteiger partial charge in [0.05, 0.1) is 0 Å². The molecule has 0 unspecified atom stereocenters. The van der Waals surface area contributed by atoms with Gasteiger partial charge >= 0.3 is 0 Å². The molecule has 0 aromatic heterocycles. The molecule has 16 heavy (non-hydrogen) atoms.